The van der Waals surface area contributed by atoms with Gasteiger partial charge in [-0.25, -0.2) is 9.59 Å². The molecule has 0 aliphatic rings. The highest BCUT2D eigenvalue weighted by Gasteiger charge is 2.11. The Morgan fingerprint density at radius 3 is 1.66 bits per heavy atom. The minimum atomic E-state index is -0.556. The predicted octanol–water partition coefficient (Wildman–Crippen LogP) is 7.13. The summed E-state index contributed by atoms with van der Waals surface area (Å²) in [6.45, 7) is 7.21. The zero-order valence-corrected chi connectivity index (χ0v) is 31.4. The SMILES string of the molecule is CC(=O)Oc1ccc(/C=C/C(=O)OC/C=C/c2ccccc2)cc1OC(C)=O.Cc1ccc(/C=C/C(=O)OCCCc2ccccc2)cc1C.O=C=O.O=C=O. The molecule has 0 bridgehead atoms. The van der Waals surface area contributed by atoms with Crippen molar-refractivity contribution >= 4 is 54.4 Å². The molecule has 0 saturated carbocycles. The third kappa shape index (κ3) is 22.0. The van der Waals surface area contributed by atoms with Crippen molar-refractivity contribution in [1.82, 2.24) is 0 Å². The van der Waals surface area contributed by atoms with Crippen LogP contribution in [0.1, 0.15) is 53.6 Å². The second-order valence-corrected chi connectivity index (χ2v) is 11.3. The van der Waals surface area contributed by atoms with Crippen LogP contribution in [0, 0.1) is 13.8 Å². The lowest BCUT2D eigenvalue weighted by Gasteiger charge is -2.09. The molecular formula is C44H42O12. The van der Waals surface area contributed by atoms with E-state index < -0.39 is 17.9 Å². The molecule has 0 heterocycles. The first kappa shape index (κ1) is 46.8. The Labute approximate surface area is 325 Å². The molecule has 4 rings (SSSR count). The van der Waals surface area contributed by atoms with E-state index in [2.05, 4.69) is 38.1 Å². The van der Waals surface area contributed by atoms with Crippen molar-refractivity contribution in [3.63, 3.8) is 0 Å². The summed E-state index contributed by atoms with van der Waals surface area (Å²) in [5.74, 6) is -1.69. The number of ether oxygens (including phenoxy) is 4. The highest BCUT2D eigenvalue weighted by atomic mass is 16.6. The number of carbonyl (C=O) groups excluding carboxylic acids is 8. The van der Waals surface area contributed by atoms with Crippen LogP contribution in [0.5, 0.6) is 11.5 Å². The zero-order valence-electron chi connectivity index (χ0n) is 31.4. The van der Waals surface area contributed by atoms with Crippen LogP contribution in [0.15, 0.2) is 115 Å². The van der Waals surface area contributed by atoms with E-state index in [-0.39, 0.29) is 36.4 Å². The molecule has 0 fully saturated rings. The average Bonchev–Trinajstić information content (AvgIpc) is 3.17. The molecule has 0 amide bonds. The molecule has 0 radical (unpaired) electrons. The molecule has 0 aromatic heterocycles. The van der Waals surface area contributed by atoms with E-state index in [1.54, 1.807) is 18.2 Å². The van der Waals surface area contributed by atoms with Crippen LogP contribution in [-0.4, -0.2) is 49.4 Å². The Morgan fingerprint density at radius 1 is 0.571 bits per heavy atom. The van der Waals surface area contributed by atoms with Gasteiger partial charge in [-0.05, 0) is 90.4 Å². The first-order valence-electron chi connectivity index (χ1n) is 16.9. The minimum absolute atomic E-state index is 0.0870. The van der Waals surface area contributed by atoms with Crippen LogP contribution >= 0.6 is 0 Å². The predicted molar refractivity (Wildman–Crippen MR) is 205 cm³/mol. The first-order chi connectivity index (χ1) is 26.9. The molecule has 0 atom stereocenters. The summed E-state index contributed by atoms with van der Waals surface area (Å²) in [7, 11) is 0. The van der Waals surface area contributed by atoms with E-state index in [4.69, 9.17) is 38.1 Å². The Kier molecular flexibility index (Phi) is 23.6. The van der Waals surface area contributed by atoms with Gasteiger partial charge < -0.3 is 18.9 Å². The maximum Gasteiger partial charge on any atom is 0.373 e. The summed E-state index contributed by atoms with van der Waals surface area (Å²) in [6, 6.07) is 30.6. The second-order valence-electron chi connectivity index (χ2n) is 11.3. The summed E-state index contributed by atoms with van der Waals surface area (Å²) in [6.07, 6.45) is 11.9. The highest BCUT2D eigenvalue weighted by Crippen LogP contribution is 2.29. The summed E-state index contributed by atoms with van der Waals surface area (Å²) in [5, 5.41) is 0. The number of benzene rings is 4. The van der Waals surface area contributed by atoms with Crippen LogP contribution in [0.4, 0.5) is 0 Å². The summed E-state index contributed by atoms with van der Waals surface area (Å²) in [5.41, 5.74) is 6.34. The van der Waals surface area contributed by atoms with E-state index >= 15 is 0 Å². The molecule has 0 unspecified atom stereocenters. The van der Waals surface area contributed by atoms with Gasteiger partial charge in [0.15, 0.2) is 11.5 Å². The van der Waals surface area contributed by atoms with Crippen LogP contribution in [0.3, 0.4) is 0 Å². The van der Waals surface area contributed by atoms with Gasteiger partial charge in [-0.15, -0.1) is 0 Å². The third-order valence-electron chi connectivity index (χ3n) is 6.96. The van der Waals surface area contributed by atoms with Gasteiger partial charge in [0, 0.05) is 26.0 Å². The summed E-state index contributed by atoms with van der Waals surface area (Å²) >= 11 is 0. The number of aryl methyl sites for hydroxylation is 3. The minimum Gasteiger partial charge on any atom is -0.463 e. The fourth-order valence-corrected chi connectivity index (χ4v) is 4.37. The molecule has 4 aromatic carbocycles. The Balaban J connectivity index is 0.000000501. The standard InChI is InChI=1S/C22H20O6.C20H22O2.2CO2/c1-16(23)27-20-12-10-19(15-21(20)28-17(2)24)11-13-22(25)26-14-6-9-18-7-4-3-5-8-18;1-16-10-11-19(15-17(16)2)12-13-20(21)22-14-6-9-18-7-4-3-5-8-18;2*2-1-3/h3-13,15H,14H2,1-2H3;3-5,7-8,10-13,15H,6,9,14H2,1-2H3;;/b9-6+,13-11+;13-12+;;. The number of hydrogen-bond donors (Lipinski definition) is 0. The van der Waals surface area contributed by atoms with Crippen LogP contribution in [-0.2, 0) is 54.3 Å². The van der Waals surface area contributed by atoms with Gasteiger partial charge in [-0.3, -0.25) is 9.59 Å². The Hall–Kier alpha value is -7.26. The van der Waals surface area contributed by atoms with Crippen molar-refractivity contribution < 1.29 is 57.3 Å². The van der Waals surface area contributed by atoms with E-state index in [9.17, 15) is 19.2 Å². The zero-order chi connectivity index (χ0) is 41.6. The van der Waals surface area contributed by atoms with Gasteiger partial charge in [0.1, 0.15) is 6.61 Å². The molecule has 56 heavy (non-hydrogen) atoms. The molecular weight excluding hydrogens is 720 g/mol. The van der Waals surface area contributed by atoms with Gasteiger partial charge in [-0.2, -0.15) is 19.2 Å². The van der Waals surface area contributed by atoms with Crippen molar-refractivity contribution in [2.75, 3.05) is 13.2 Å². The highest BCUT2D eigenvalue weighted by molar-refractivity contribution is 5.88. The van der Waals surface area contributed by atoms with Gasteiger partial charge >= 0.3 is 36.2 Å². The van der Waals surface area contributed by atoms with Crippen molar-refractivity contribution in [3.8, 4) is 11.5 Å². The molecule has 0 aliphatic heterocycles. The van der Waals surface area contributed by atoms with Crippen LogP contribution in [0.25, 0.3) is 18.2 Å². The lowest BCUT2D eigenvalue weighted by atomic mass is 10.1. The fraction of sp³-hybridized carbons (Fsp3) is 0.182. The Bertz CT molecular complexity index is 1990. The topological polar surface area (TPSA) is 173 Å². The third-order valence-corrected chi connectivity index (χ3v) is 6.96. The second kappa shape index (κ2) is 28.3. The monoisotopic (exact) mass is 762 g/mol. The number of rotatable bonds is 13. The average molecular weight is 763 g/mol. The van der Waals surface area contributed by atoms with Gasteiger partial charge in [0.2, 0.25) is 0 Å². The molecule has 0 spiro atoms. The fourth-order valence-electron chi connectivity index (χ4n) is 4.37. The molecule has 290 valence electrons. The summed E-state index contributed by atoms with van der Waals surface area (Å²) in [4.78, 5) is 78.3. The van der Waals surface area contributed by atoms with Crippen molar-refractivity contribution in [2.24, 2.45) is 0 Å². The lowest BCUT2D eigenvalue weighted by Crippen LogP contribution is -2.07. The molecule has 12 heteroatoms. The largest absolute Gasteiger partial charge is 0.463 e. The van der Waals surface area contributed by atoms with Gasteiger partial charge in [-0.1, -0.05) is 91.0 Å². The van der Waals surface area contributed by atoms with Crippen molar-refractivity contribution in [2.45, 2.75) is 40.5 Å². The Morgan fingerprint density at radius 2 is 1.09 bits per heavy atom. The van der Waals surface area contributed by atoms with E-state index in [0.717, 1.165) is 24.0 Å². The first-order valence-corrected chi connectivity index (χ1v) is 16.9. The normalized spacial score (nSPS) is 9.93. The maximum absolute atomic E-state index is 11.8. The maximum atomic E-state index is 11.8. The molecule has 4 aromatic rings. The number of esters is 4. The van der Waals surface area contributed by atoms with Crippen LogP contribution in [0.2, 0.25) is 0 Å². The van der Waals surface area contributed by atoms with Crippen molar-refractivity contribution in [3.05, 3.63) is 149 Å². The van der Waals surface area contributed by atoms with E-state index in [1.165, 1.54) is 60.9 Å². The smallest absolute Gasteiger partial charge is 0.373 e. The number of carbonyl (C=O) groups is 4. The van der Waals surface area contributed by atoms with E-state index in [0.29, 0.717) is 12.2 Å². The molecule has 0 saturated heterocycles. The molecule has 12 nitrogen and oxygen atoms in total. The molecule has 0 aliphatic carbocycles. The summed E-state index contributed by atoms with van der Waals surface area (Å²) < 4.78 is 20.3. The quantitative estimate of drug-likeness (QED) is 0.0584. The van der Waals surface area contributed by atoms with Crippen LogP contribution < -0.4 is 9.47 Å². The van der Waals surface area contributed by atoms with Gasteiger partial charge in [0.25, 0.3) is 0 Å². The lowest BCUT2D eigenvalue weighted by molar-refractivity contribution is -0.193. The van der Waals surface area contributed by atoms with Gasteiger partial charge in [0.05, 0.1) is 6.61 Å². The number of hydrogen-bond acceptors (Lipinski definition) is 12. The van der Waals surface area contributed by atoms with E-state index in [1.807, 2.05) is 60.7 Å². The van der Waals surface area contributed by atoms with Crippen molar-refractivity contribution in [1.29, 1.82) is 0 Å². The molecule has 0 N–H and O–H groups in total.